The first-order chi connectivity index (χ1) is 18.2. The van der Waals surface area contributed by atoms with Crippen LogP contribution in [0.5, 0.6) is 0 Å². The molecule has 0 spiro atoms. The highest BCUT2D eigenvalue weighted by Crippen LogP contribution is 2.68. The van der Waals surface area contributed by atoms with Crippen molar-refractivity contribution < 1.29 is 5.11 Å². The van der Waals surface area contributed by atoms with E-state index < -0.39 is 0 Å². The van der Waals surface area contributed by atoms with Crippen LogP contribution in [0.2, 0.25) is 0 Å². The van der Waals surface area contributed by atoms with Crippen molar-refractivity contribution in [1.82, 2.24) is 10.6 Å². The highest BCUT2D eigenvalue weighted by atomic mass is 16.3. The van der Waals surface area contributed by atoms with Crippen molar-refractivity contribution >= 4 is 0 Å². The molecule has 5 N–H and O–H groups in total. The van der Waals surface area contributed by atoms with E-state index in [4.69, 9.17) is 5.73 Å². The van der Waals surface area contributed by atoms with Crippen LogP contribution in [0, 0.1) is 52.3 Å². The lowest BCUT2D eigenvalue weighted by Gasteiger charge is -2.62. The van der Waals surface area contributed by atoms with Crippen LogP contribution >= 0.6 is 0 Å². The van der Waals surface area contributed by atoms with E-state index in [-0.39, 0.29) is 6.10 Å². The van der Waals surface area contributed by atoms with Crippen LogP contribution in [0.3, 0.4) is 0 Å². The highest BCUT2D eigenvalue weighted by Gasteiger charge is 2.62. The Morgan fingerprint density at radius 2 is 1.53 bits per heavy atom. The zero-order chi connectivity index (χ0) is 27.3. The summed E-state index contributed by atoms with van der Waals surface area (Å²) in [5.41, 5.74) is 6.44. The van der Waals surface area contributed by atoms with Gasteiger partial charge in [-0.05, 0) is 149 Å². The molecular formula is C34H65N3O. The van der Waals surface area contributed by atoms with Gasteiger partial charge in [0, 0.05) is 6.04 Å². The Hall–Kier alpha value is -0.160. The zero-order valence-corrected chi connectivity index (χ0v) is 25.9. The quantitative estimate of drug-likeness (QED) is 0.187. The van der Waals surface area contributed by atoms with E-state index in [9.17, 15) is 5.11 Å². The van der Waals surface area contributed by atoms with Crippen LogP contribution in [-0.2, 0) is 0 Å². The summed E-state index contributed by atoms with van der Waals surface area (Å²) in [5.74, 6) is 5.52. The second-order valence-corrected chi connectivity index (χ2v) is 15.3. The molecule has 4 aliphatic rings. The number of aliphatic hydroxyl groups excluding tert-OH is 1. The van der Waals surface area contributed by atoms with E-state index in [1.54, 1.807) is 0 Å². The molecule has 0 aromatic heterocycles. The zero-order valence-electron chi connectivity index (χ0n) is 25.9. The fraction of sp³-hybridized carbons (Fsp3) is 1.00. The van der Waals surface area contributed by atoms with Crippen molar-refractivity contribution in [2.75, 3.05) is 26.2 Å². The molecule has 0 aromatic rings. The molecule has 38 heavy (non-hydrogen) atoms. The number of fused-ring (bicyclic) bond motifs is 5. The minimum Gasteiger partial charge on any atom is -0.393 e. The maximum Gasteiger partial charge on any atom is 0.0577 e. The number of unbranched alkanes of at least 4 members (excludes halogenated alkanes) is 1. The Balaban J connectivity index is 1.30. The first-order valence-electron chi connectivity index (χ1n) is 17.0. The molecule has 222 valence electrons. The van der Waals surface area contributed by atoms with Crippen LogP contribution in [0.4, 0.5) is 0 Å². The van der Waals surface area contributed by atoms with Crippen molar-refractivity contribution in [3.8, 4) is 0 Å². The summed E-state index contributed by atoms with van der Waals surface area (Å²) in [6, 6.07) is 0.591. The van der Waals surface area contributed by atoms with E-state index in [2.05, 4.69) is 45.3 Å². The van der Waals surface area contributed by atoms with Gasteiger partial charge in [0.15, 0.2) is 0 Å². The second-order valence-electron chi connectivity index (χ2n) is 15.3. The Labute approximate surface area is 236 Å². The molecule has 10 atom stereocenters. The Kier molecular flexibility index (Phi) is 11.1. The number of nitrogens with one attached hydrogen (secondary N) is 2. The smallest absolute Gasteiger partial charge is 0.0577 e. The van der Waals surface area contributed by atoms with Gasteiger partial charge < -0.3 is 21.5 Å². The van der Waals surface area contributed by atoms with Gasteiger partial charge in [-0.25, -0.2) is 0 Å². The third kappa shape index (κ3) is 6.66. The van der Waals surface area contributed by atoms with Crippen molar-refractivity contribution in [2.24, 2.45) is 58.0 Å². The summed E-state index contributed by atoms with van der Waals surface area (Å²) in [6.45, 7) is 16.7. The highest BCUT2D eigenvalue weighted by molar-refractivity contribution is 5.11. The predicted molar refractivity (Wildman–Crippen MR) is 162 cm³/mol. The summed E-state index contributed by atoms with van der Waals surface area (Å²) in [6.07, 6.45) is 18.2. The van der Waals surface area contributed by atoms with E-state index in [1.807, 2.05) is 0 Å². The summed E-state index contributed by atoms with van der Waals surface area (Å²) in [7, 11) is 0. The monoisotopic (exact) mass is 532 g/mol. The van der Waals surface area contributed by atoms with Crippen LogP contribution in [0.15, 0.2) is 0 Å². The molecule has 4 aliphatic carbocycles. The van der Waals surface area contributed by atoms with Crippen LogP contribution in [-0.4, -0.2) is 43.4 Å². The number of aliphatic hydroxyl groups is 1. The van der Waals surface area contributed by atoms with Crippen molar-refractivity contribution in [2.45, 2.75) is 137 Å². The number of hydrogen-bond acceptors (Lipinski definition) is 4. The molecule has 8 unspecified atom stereocenters. The molecule has 4 heteroatoms. The molecule has 0 aromatic carbocycles. The minimum atomic E-state index is -0.0973. The molecule has 0 amide bonds. The van der Waals surface area contributed by atoms with E-state index in [0.29, 0.717) is 22.8 Å². The van der Waals surface area contributed by atoms with Gasteiger partial charge in [-0.15, -0.1) is 0 Å². The molecule has 4 rings (SSSR count). The molecule has 0 aliphatic heterocycles. The summed E-state index contributed by atoms with van der Waals surface area (Å²) < 4.78 is 0. The van der Waals surface area contributed by atoms with Gasteiger partial charge in [-0.1, -0.05) is 53.9 Å². The summed E-state index contributed by atoms with van der Waals surface area (Å²) in [4.78, 5) is 0. The molecule has 0 saturated heterocycles. The largest absolute Gasteiger partial charge is 0.393 e. The number of hydrogen-bond donors (Lipinski definition) is 4. The molecule has 4 fully saturated rings. The number of rotatable bonds is 14. The first kappa shape index (κ1) is 30.8. The first-order valence-corrected chi connectivity index (χ1v) is 17.0. The van der Waals surface area contributed by atoms with E-state index in [0.717, 1.165) is 74.5 Å². The van der Waals surface area contributed by atoms with Crippen LogP contribution < -0.4 is 16.4 Å². The fourth-order valence-corrected chi connectivity index (χ4v) is 10.5. The van der Waals surface area contributed by atoms with Crippen molar-refractivity contribution in [3.63, 3.8) is 0 Å². The summed E-state index contributed by atoms with van der Waals surface area (Å²) >= 11 is 0. The van der Waals surface area contributed by atoms with Gasteiger partial charge in [0.2, 0.25) is 0 Å². The fourth-order valence-electron chi connectivity index (χ4n) is 10.5. The Morgan fingerprint density at radius 3 is 2.29 bits per heavy atom. The van der Waals surface area contributed by atoms with Crippen LogP contribution in [0.25, 0.3) is 0 Å². The lowest BCUT2D eigenvalue weighted by Crippen LogP contribution is -2.59. The Morgan fingerprint density at radius 1 is 0.789 bits per heavy atom. The average molecular weight is 532 g/mol. The van der Waals surface area contributed by atoms with Crippen molar-refractivity contribution in [1.29, 1.82) is 0 Å². The van der Waals surface area contributed by atoms with Gasteiger partial charge in [0.05, 0.1) is 6.10 Å². The molecular weight excluding hydrogens is 466 g/mol. The summed E-state index contributed by atoms with van der Waals surface area (Å²) in [5, 5.41) is 19.1. The normalized spacial score (nSPS) is 41.5. The SMILES string of the molecule is CC(C)CCC[C@@H](C)C1CCC2C3CC(O)[C@H]4CC(NCCCNCCCCN)CCC4(C)C3CCC21C. The maximum absolute atomic E-state index is 11.6. The van der Waals surface area contributed by atoms with Gasteiger partial charge in [0.1, 0.15) is 0 Å². The molecule has 0 radical (unpaired) electrons. The standard InChI is InChI=1S/C34H65N3O/c1-24(2)10-8-11-25(3)28-12-13-29-27-23-32(38)31-22-26(37-21-9-20-36-19-7-6-18-35)14-16-34(31,5)30(27)15-17-33(28,29)4/h24-32,36-38H,6-23,35H2,1-5H3/t25-,26?,27?,28?,29?,30?,31-,32?,33?,34?/m1/s1. The average Bonchev–Trinajstić information content (AvgIpc) is 3.23. The third-order valence-electron chi connectivity index (χ3n) is 12.7. The molecule has 0 heterocycles. The molecule has 0 bridgehead atoms. The molecule has 4 saturated carbocycles. The van der Waals surface area contributed by atoms with Crippen molar-refractivity contribution in [3.05, 3.63) is 0 Å². The van der Waals surface area contributed by atoms with E-state index >= 15 is 0 Å². The van der Waals surface area contributed by atoms with Gasteiger partial charge in [-0.3, -0.25) is 0 Å². The van der Waals surface area contributed by atoms with Gasteiger partial charge in [0.25, 0.3) is 0 Å². The van der Waals surface area contributed by atoms with Crippen LogP contribution in [0.1, 0.15) is 125 Å². The number of nitrogens with two attached hydrogens (primary N) is 1. The topological polar surface area (TPSA) is 70.3 Å². The predicted octanol–water partition coefficient (Wildman–Crippen LogP) is 6.76. The molecule has 4 nitrogen and oxygen atoms in total. The van der Waals surface area contributed by atoms with Gasteiger partial charge >= 0.3 is 0 Å². The lowest BCUT2D eigenvalue weighted by molar-refractivity contribution is -0.162. The van der Waals surface area contributed by atoms with Gasteiger partial charge in [-0.2, -0.15) is 0 Å². The maximum atomic E-state index is 11.6. The second kappa shape index (κ2) is 13.7. The van der Waals surface area contributed by atoms with E-state index in [1.165, 1.54) is 77.0 Å². The minimum absolute atomic E-state index is 0.0973. The lowest BCUT2D eigenvalue weighted by atomic mass is 9.43. The third-order valence-corrected chi connectivity index (χ3v) is 12.7. The Bertz CT molecular complexity index is 714.